The van der Waals surface area contributed by atoms with Gasteiger partial charge < -0.3 is 14.6 Å². The van der Waals surface area contributed by atoms with Crippen LogP contribution in [0.2, 0.25) is 5.02 Å². The fraction of sp³-hybridized carbons (Fsp3) is 0.160. The Morgan fingerprint density at radius 3 is 2.38 bits per heavy atom. The molecular formula is C25H22ClN3O3. The molecule has 6 nitrogen and oxygen atoms in total. The van der Waals surface area contributed by atoms with Gasteiger partial charge in [0.25, 0.3) is 0 Å². The number of methoxy groups -OCH3 is 1. The normalized spacial score (nSPS) is 11.7. The quantitative estimate of drug-likeness (QED) is 0.400. The third-order valence-electron chi connectivity index (χ3n) is 5.02. The van der Waals surface area contributed by atoms with Gasteiger partial charge in [-0.05, 0) is 47.5 Å². The highest BCUT2D eigenvalue weighted by molar-refractivity contribution is 6.30. The van der Waals surface area contributed by atoms with Gasteiger partial charge in [-0.2, -0.15) is 4.98 Å². The first-order valence-corrected chi connectivity index (χ1v) is 10.6. The zero-order valence-electron chi connectivity index (χ0n) is 17.5. The van der Waals surface area contributed by atoms with Gasteiger partial charge in [0.05, 0.1) is 13.2 Å². The SMILES string of the molecule is COc1ccc(C(NC(=O)CCc2nc(-c3ccc(Cl)cc3)no2)c2ccccc2)cc1. The van der Waals surface area contributed by atoms with Crippen LogP contribution in [0.25, 0.3) is 11.4 Å². The number of halogens is 1. The van der Waals surface area contributed by atoms with Crippen molar-refractivity contribution < 1.29 is 14.1 Å². The largest absolute Gasteiger partial charge is 0.497 e. The van der Waals surface area contributed by atoms with Crippen LogP contribution in [0.4, 0.5) is 0 Å². The second-order valence-electron chi connectivity index (χ2n) is 7.20. The lowest BCUT2D eigenvalue weighted by molar-refractivity contribution is -0.121. The Morgan fingerprint density at radius 2 is 1.69 bits per heavy atom. The smallest absolute Gasteiger partial charge is 0.227 e. The predicted octanol–water partition coefficient (Wildman–Crippen LogP) is 5.24. The topological polar surface area (TPSA) is 77.2 Å². The molecule has 1 amide bonds. The van der Waals surface area contributed by atoms with Gasteiger partial charge in [0.1, 0.15) is 5.75 Å². The highest BCUT2D eigenvalue weighted by Crippen LogP contribution is 2.24. The van der Waals surface area contributed by atoms with Gasteiger partial charge in [-0.25, -0.2) is 0 Å². The first-order chi connectivity index (χ1) is 15.6. The molecule has 0 fully saturated rings. The second kappa shape index (κ2) is 10.1. The molecule has 4 rings (SSSR count). The van der Waals surface area contributed by atoms with Crippen LogP contribution < -0.4 is 10.1 Å². The van der Waals surface area contributed by atoms with Gasteiger partial charge >= 0.3 is 0 Å². The number of benzene rings is 3. The van der Waals surface area contributed by atoms with E-state index >= 15 is 0 Å². The monoisotopic (exact) mass is 447 g/mol. The van der Waals surface area contributed by atoms with Crippen molar-refractivity contribution in [3.63, 3.8) is 0 Å². The molecule has 0 spiro atoms. The number of rotatable bonds is 8. The zero-order chi connectivity index (χ0) is 22.3. The molecule has 4 aromatic rings. The van der Waals surface area contributed by atoms with Crippen molar-refractivity contribution >= 4 is 17.5 Å². The maximum absolute atomic E-state index is 12.8. The van der Waals surface area contributed by atoms with Gasteiger partial charge in [0, 0.05) is 23.4 Å². The molecule has 0 aliphatic carbocycles. The van der Waals surface area contributed by atoms with Gasteiger partial charge in [-0.15, -0.1) is 0 Å². The van der Waals surface area contributed by atoms with E-state index in [-0.39, 0.29) is 18.4 Å². The van der Waals surface area contributed by atoms with E-state index in [4.69, 9.17) is 20.9 Å². The molecule has 0 bridgehead atoms. The number of nitrogens with one attached hydrogen (secondary N) is 1. The Labute approximate surface area is 191 Å². The van der Waals surface area contributed by atoms with Crippen molar-refractivity contribution in [2.45, 2.75) is 18.9 Å². The molecule has 1 unspecified atom stereocenters. The molecule has 1 N–H and O–H groups in total. The predicted molar refractivity (Wildman–Crippen MR) is 122 cm³/mol. The lowest BCUT2D eigenvalue weighted by atomic mass is 9.98. The van der Waals surface area contributed by atoms with E-state index in [0.717, 1.165) is 22.4 Å². The molecule has 32 heavy (non-hydrogen) atoms. The molecule has 0 aliphatic rings. The number of hydrogen-bond donors (Lipinski definition) is 1. The van der Waals surface area contributed by atoms with E-state index in [1.807, 2.05) is 66.7 Å². The summed E-state index contributed by atoms with van der Waals surface area (Å²) >= 11 is 5.92. The van der Waals surface area contributed by atoms with Crippen molar-refractivity contribution in [1.82, 2.24) is 15.5 Å². The minimum absolute atomic E-state index is 0.110. The van der Waals surface area contributed by atoms with Gasteiger partial charge in [-0.3, -0.25) is 4.79 Å². The highest BCUT2D eigenvalue weighted by Gasteiger charge is 2.18. The third-order valence-corrected chi connectivity index (χ3v) is 5.28. The van der Waals surface area contributed by atoms with Crippen LogP contribution in [-0.2, 0) is 11.2 Å². The summed E-state index contributed by atoms with van der Waals surface area (Å²) in [6, 6.07) is 24.4. The van der Waals surface area contributed by atoms with Crippen LogP contribution in [0.5, 0.6) is 5.75 Å². The number of carbonyl (C=O) groups is 1. The van der Waals surface area contributed by atoms with Crippen molar-refractivity contribution in [1.29, 1.82) is 0 Å². The molecule has 0 saturated carbocycles. The Balaban J connectivity index is 1.43. The Hall–Kier alpha value is -3.64. The molecule has 1 aromatic heterocycles. The fourth-order valence-electron chi connectivity index (χ4n) is 3.33. The van der Waals surface area contributed by atoms with Gasteiger partial charge in [0.15, 0.2) is 0 Å². The third kappa shape index (κ3) is 5.34. The van der Waals surface area contributed by atoms with E-state index in [9.17, 15) is 4.79 Å². The average Bonchev–Trinajstić information content (AvgIpc) is 3.31. The summed E-state index contributed by atoms with van der Waals surface area (Å²) in [4.78, 5) is 17.2. The molecule has 1 atom stereocenters. The van der Waals surface area contributed by atoms with Crippen molar-refractivity contribution in [2.75, 3.05) is 7.11 Å². The van der Waals surface area contributed by atoms with Crippen LogP contribution in [0.1, 0.15) is 29.5 Å². The van der Waals surface area contributed by atoms with Crippen molar-refractivity contribution in [2.24, 2.45) is 0 Å². The van der Waals surface area contributed by atoms with Crippen LogP contribution in [0, 0.1) is 0 Å². The second-order valence-corrected chi connectivity index (χ2v) is 7.64. The molecule has 7 heteroatoms. The summed E-state index contributed by atoms with van der Waals surface area (Å²) in [6.45, 7) is 0. The van der Waals surface area contributed by atoms with Gasteiger partial charge in [-0.1, -0.05) is 59.2 Å². The molecule has 1 heterocycles. The number of aromatic nitrogens is 2. The highest BCUT2D eigenvalue weighted by atomic mass is 35.5. The maximum atomic E-state index is 12.8. The first-order valence-electron chi connectivity index (χ1n) is 10.2. The van der Waals surface area contributed by atoms with Crippen LogP contribution >= 0.6 is 11.6 Å². The number of aryl methyl sites for hydroxylation is 1. The minimum atomic E-state index is -0.276. The Bertz CT molecular complexity index is 1160. The van der Waals surface area contributed by atoms with E-state index in [2.05, 4.69) is 15.5 Å². The summed E-state index contributed by atoms with van der Waals surface area (Å²) in [5.74, 6) is 1.53. The molecule has 0 saturated heterocycles. The summed E-state index contributed by atoms with van der Waals surface area (Å²) in [6.07, 6.45) is 0.568. The van der Waals surface area contributed by atoms with Crippen molar-refractivity contribution in [3.05, 3.63) is 101 Å². The van der Waals surface area contributed by atoms with E-state index < -0.39 is 0 Å². The summed E-state index contributed by atoms with van der Waals surface area (Å²) < 4.78 is 10.6. The summed E-state index contributed by atoms with van der Waals surface area (Å²) in [5.41, 5.74) is 2.76. The molecule has 162 valence electrons. The summed E-state index contributed by atoms with van der Waals surface area (Å²) in [5, 5.41) is 7.75. The number of ether oxygens (including phenoxy) is 1. The minimum Gasteiger partial charge on any atom is -0.497 e. The molecule has 0 radical (unpaired) electrons. The number of amides is 1. The van der Waals surface area contributed by atoms with E-state index in [0.29, 0.717) is 23.2 Å². The van der Waals surface area contributed by atoms with Crippen molar-refractivity contribution in [3.8, 4) is 17.1 Å². The number of hydrogen-bond acceptors (Lipinski definition) is 5. The molecular weight excluding hydrogens is 426 g/mol. The number of nitrogens with zero attached hydrogens (tertiary/aromatic N) is 2. The zero-order valence-corrected chi connectivity index (χ0v) is 18.3. The number of carbonyl (C=O) groups excluding carboxylic acids is 1. The van der Waals surface area contributed by atoms with Gasteiger partial charge in [0.2, 0.25) is 17.6 Å². The van der Waals surface area contributed by atoms with E-state index in [1.54, 1.807) is 19.2 Å². The molecule has 3 aromatic carbocycles. The Kier molecular flexibility index (Phi) is 6.82. The average molecular weight is 448 g/mol. The summed E-state index contributed by atoms with van der Waals surface area (Å²) in [7, 11) is 1.63. The van der Waals surface area contributed by atoms with Crippen LogP contribution in [0.15, 0.2) is 83.4 Å². The lowest BCUT2D eigenvalue weighted by Crippen LogP contribution is -2.29. The maximum Gasteiger partial charge on any atom is 0.227 e. The molecule has 0 aliphatic heterocycles. The van der Waals surface area contributed by atoms with Crippen LogP contribution in [-0.4, -0.2) is 23.2 Å². The standard InChI is InChI=1S/C25H22ClN3O3/c1-31-21-13-9-18(10-14-21)24(17-5-3-2-4-6-17)27-22(30)15-16-23-28-25(29-32-23)19-7-11-20(26)12-8-19/h2-14,24H,15-16H2,1H3,(H,27,30). The lowest BCUT2D eigenvalue weighted by Gasteiger charge is -2.20. The Morgan fingerprint density at radius 1 is 1.00 bits per heavy atom. The first kappa shape index (κ1) is 21.6. The fourth-order valence-corrected chi connectivity index (χ4v) is 3.45. The van der Waals surface area contributed by atoms with E-state index in [1.165, 1.54) is 0 Å². The van der Waals surface area contributed by atoms with Crippen LogP contribution in [0.3, 0.4) is 0 Å².